The van der Waals surface area contributed by atoms with E-state index in [4.69, 9.17) is 4.74 Å². The van der Waals surface area contributed by atoms with Gasteiger partial charge in [0.25, 0.3) is 5.91 Å². The average Bonchev–Trinajstić information content (AvgIpc) is 3.20. The molecule has 0 saturated carbocycles. The first-order valence-corrected chi connectivity index (χ1v) is 18.8. The van der Waals surface area contributed by atoms with E-state index in [1.807, 2.05) is 89.8 Å². The SMILES string of the molecule is COC(=O)c1ccc(CN(Cc2cccc(-c3cccc(C(=O)N4CCC(CCCC5CCNCC5)CC4)c3)c2)C(=O)C=Cc2ccccc2)cc1. The molecule has 2 aliphatic heterocycles. The fourth-order valence-electron chi connectivity index (χ4n) is 7.51. The second kappa shape index (κ2) is 18.5. The Bertz CT molecular complexity index is 1810. The van der Waals surface area contributed by atoms with Gasteiger partial charge >= 0.3 is 5.97 Å². The van der Waals surface area contributed by atoms with E-state index in [1.54, 1.807) is 23.1 Å². The molecule has 0 unspecified atom stereocenters. The molecule has 4 aromatic rings. The lowest BCUT2D eigenvalue weighted by Crippen LogP contribution is -2.38. The summed E-state index contributed by atoms with van der Waals surface area (Å²) in [6, 6.07) is 33.0. The Hall–Kier alpha value is -5.01. The first-order valence-electron chi connectivity index (χ1n) is 18.8. The van der Waals surface area contributed by atoms with Crippen LogP contribution in [0, 0.1) is 11.8 Å². The zero-order valence-electron chi connectivity index (χ0n) is 30.3. The van der Waals surface area contributed by atoms with E-state index in [2.05, 4.69) is 17.4 Å². The fraction of sp³-hybridized carbons (Fsp3) is 0.356. The number of nitrogens with zero attached hydrogens (tertiary/aromatic N) is 2. The molecule has 2 saturated heterocycles. The third-order valence-corrected chi connectivity index (χ3v) is 10.6. The maximum absolute atomic E-state index is 13.7. The van der Waals surface area contributed by atoms with Gasteiger partial charge in [0, 0.05) is 37.8 Å². The molecule has 2 amide bonds. The lowest BCUT2D eigenvalue weighted by molar-refractivity contribution is -0.127. The number of amides is 2. The van der Waals surface area contributed by atoms with Crippen LogP contribution in [-0.2, 0) is 22.6 Å². The van der Waals surface area contributed by atoms with Crippen LogP contribution in [0.15, 0.2) is 109 Å². The predicted molar refractivity (Wildman–Crippen MR) is 207 cm³/mol. The Morgan fingerprint density at radius 2 is 1.38 bits per heavy atom. The van der Waals surface area contributed by atoms with Crippen molar-refractivity contribution < 1.29 is 19.1 Å². The van der Waals surface area contributed by atoms with Crippen LogP contribution in [0.25, 0.3) is 17.2 Å². The zero-order valence-corrected chi connectivity index (χ0v) is 30.3. The van der Waals surface area contributed by atoms with Crippen LogP contribution in [0.2, 0.25) is 0 Å². The molecule has 7 nitrogen and oxygen atoms in total. The van der Waals surface area contributed by atoms with Crippen LogP contribution in [0.4, 0.5) is 0 Å². The summed E-state index contributed by atoms with van der Waals surface area (Å²) in [6.07, 6.45) is 12.2. The number of ether oxygens (including phenoxy) is 1. The van der Waals surface area contributed by atoms with E-state index in [0.717, 1.165) is 65.6 Å². The number of rotatable bonds is 13. The smallest absolute Gasteiger partial charge is 0.337 e. The number of carbonyl (C=O) groups is 3. The molecule has 0 atom stereocenters. The average molecular weight is 698 g/mol. The van der Waals surface area contributed by atoms with Gasteiger partial charge in [-0.05, 0) is 115 Å². The lowest BCUT2D eigenvalue weighted by atomic mass is 9.87. The van der Waals surface area contributed by atoms with Crippen molar-refractivity contribution in [3.63, 3.8) is 0 Å². The van der Waals surface area contributed by atoms with Crippen molar-refractivity contribution in [3.05, 3.63) is 137 Å². The van der Waals surface area contributed by atoms with E-state index < -0.39 is 5.97 Å². The van der Waals surface area contributed by atoms with Gasteiger partial charge in [0.2, 0.25) is 5.91 Å². The second-order valence-electron chi connectivity index (χ2n) is 14.3. The molecule has 270 valence electrons. The number of esters is 1. The van der Waals surface area contributed by atoms with Gasteiger partial charge in [-0.3, -0.25) is 9.59 Å². The van der Waals surface area contributed by atoms with E-state index in [1.165, 1.54) is 52.3 Å². The summed E-state index contributed by atoms with van der Waals surface area (Å²) in [7, 11) is 1.36. The number of benzene rings is 4. The molecule has 1 N–H and O–H groups in total. The molecule has 0 radical (unpaired) electrons. The first kappa shape index (κ1) is 36.8. The van der Waals surface area contributed by atoms with Crippen LogP contribution < -0.4 is 5.32 Å². The molecule has 0 aliphatic carbocycles. The van der Waals surface area contributed by atoms with Crippen LogP contribution >= 0.6 is 0 Å². The monoisotopic (exact) mass is 697 g/mol. The molecule has 2 heterocycles. The largest absolute Gasteiger partial charge is 0.465 e. The van der Waals surface area contributed by atoms with Gasteiger partial charge < -0.3 is 19.9 Å². The molecule has 6 rings (SSSR count). The zero-order chi connectivity index (χ0) is 36.1. The number of nitrogens with one attached hydrogen (secondary N) is 1. The minimum atomic E-state index is -0.397. The molecule has 0 spiro atoms. The van der Waals surface area contributed by atoms with Crippen molar-refractivity contribution in [2.45, 2.75) is 58.0 Å². The lowest BCUT2D eigenvalue weighted by Gasteiger charge is -2.32. The molecule has 7 heteroatoms. The molecule has 4 aromatic carbocycles. The third kappa shape index (κ3) is 10.3. The van der Waals surface area contributed by atoms with E-state index >= 15 is 0 Å². The van der Waals surface area contributed by atoms with Crippen molar-refractivity contribution in [1.29, 1.82) is 0 Å². The fourth-order valence-corrected chi connectivity index (χ4v) is 7.51. The van der Waals surface area contributed by atoms with Gasteiger partial charge in [0.15, 0.2) is 0 Å². The van der Waals surface area contributed by atoms with Crippen molar-refractivity contribution in [2.75, 3.05) is 33.3 Å². The van der Waals surface area contributed by atoms with Crippen molar-refractivity contribution in [2.24, 2.45) is 11.8 Å². The Kier molecular flexibility index (Phi) is 13.1. The predicted octanol–water partition coefficient (Wildman–Crippen LogP) is 8.40. The van der Waals surface area contributed by atoms with Gasteiger partial charge in [0.05, 0.1) is 12.7 Å². The van der Waals surface area contributed by atoms with Crippen LogP contribution in [0.1, 0.15) is 82.4 Å². The summed E-state index contributed by atoms with van der Waals surface area (Å²) in [5, 5.41) is 3.47. The standard InChI is InChI=1S/C45H51N3O4/c1-52-45(51)39-19-16-37(17-20-39)32-48(43(49)21-18-34-8-3-2-4-9-34)33-38-12-6-13-40(30-38)41-14-7-15-42(31-41)44(50)47-28-24-36(25-29-47)11-5-10-35-22-26-46-27-23-35/h2-4,6-9,12-21,30-31,35-36,46H,5,10-11,22-29,32-33H2,1H3. The summed E-state index contributed by atoms with van der Waals surface area (Å²) < 4.78 is 4.84. The minimum absolute atomic E-state index is 0.103. The van der Waals surface area contributed by atoms with Gasteiger partial charge in [-0.2, -0.15) is 0 Å². The Labute approximate surface area is 308 Å². The summed E-state index contributed by atoms with van der Waals surface area (Å²) in [4.78, 5) is 43.1. The Morgan fingerprint density at radius 1 is 0.731 bits per heavy atom. The maximum Gasteiger partial charge on any atom is 0.337 e. The quantitative estimate of drug-likeness (QED) is 0.112. The number of piperidine rings is 2. The highest BCUT2D eigenvalue weighted by Gasteiger charge is 2.24. The van der Waals surface area contributed by atoms with Gasteiger partial charge in [-0.1, -0.05) is 92.1 Å². The number of likely N-dealkylation sites (tertiary alicyclic amines) is 1. The van der Waals surface area contributed by atoms with Crippen LogP contribution in [0.5, 0.6) is 0 Å². The first-order chi connectivity index (χ1) is 25.4. The number of methoxy groups -OCH3 is 1. The maximum atomic E-state index is 13.7. The molecule has 2 fully saturated rings. The number of carbonyl (C=O) groups excluding carboxylic acids is 3. The molecular weight excluding hydrogens is 647 g/mol. The Balaban J connectivity index is 1.10. The molecule has 0 aromatic heterocycles. The Morgan fingerprint density at radius 3 is 2.10 bits per heavy atom. The van der Waals surface area contributed by atoms with Crippen LogP contribution in [0.3, 0.4) is 0 Å². The highest BCUT2D eigenvalue weighted by molar-refractivity contribution is 5.95. The summed E-state index contributed by atoms with van der Waals surface area (Å²) in [5.41, 5.74) is 5.97. The van der Waals surface area contributed by atoms with Gasteiger partial charge in [-0.15, -0.1) is 0 Å². The number of hydrogen-bond donors (Lipinski definition) is 1. The minimum Gasteiger partial charge on any atom is -0.465 e. The highest BCUT2D eigenvalue weighted by atomic mass is 16.5. The topological polar surface area (TPSA) is 79.0 Å². The molecule has 2 aliphatic rings. The van der Waals surface area contributed by atoms with E-state index in [0.29, 0.717) is 24.2 Å². The van der Waals surface area contributed by atoms with Crippen molar-refractivity contribution in [1.82, 2.24) is 15.1 Å². The van der Waals surface area contributed by atoms with Gasteiger partial charge in [0.1, 0.15) is 0 Å². The highest BCUT2D eigenvalue weighted by Crippen LogP contribution is 2.28. The number of hydrogen-bond acceptors (Lipinski definition) is 5. The van der Waals surface area contributed by atoms with Crippen LogP contribution in [-0.4, -0.2) is 60.9 Å². The summed E-state index contributed by atoms with van der Waals surface area (Å²) >= 11 is 0. The normalized spacial score (nSPS) is 15.4. The molecule has 52 heavy (non-hydrogen) atoms. The second-order valence-corrected chi connectivity index (χ2v) is 14.3. The summed E-state index contributed by atoms with van der Waals surface area (Å²) in [5.74, 6) is 1.19. The third-order valence-electron chi connectivity index (χ3n) is 10.6. The summed E-state index contributed by atoms with van der Waals surface area (Å²) in [6.45, 7) is 4.73. The molecule has 0 bridgehead atoms. The van der Waals surface area contributed by atoms with E-state index in [9.17, 15) is 14.4 Å². The van der Waals surface area contributed by atoms with Crippen molar-refractivity contribution >= 4 is 23.9 Å². The van der Waals surface area contributed by atoms with Crippen molar-refractivity contribution in [3.8, 4) is 11.1 Å². The van der Waals surface area contributed by atoms with Gasteiger partial charge in [-0.25, -0.2) is 4.79 Å². The van der Waals surface area contributed by atoms with E-state index in [-0.39, 0.29) is 11.8 Å². The molecular formula is C45H51N3O4.